The molecule has 7 nitrogen and oxygen atoms in total. The average molecular weight is 415 g/mol. The fourth-order valence-corrected chi connectivity index (χ4v) is 5.73. The number of carbonyl (C=O) groups is 2. The van der Waals surface area contributed by atoms with E-state index in [-0.39, 0.29) is 23.8 Å². The zero-order valence-electron chi connectivity index (χ0n) is 15.7. The van der Waals surface area contributed by atoms with Gasteiger partial charge in [0.1, 0.15) is 12.1 Å². The minimum atomic E-state index is -3.84. The minimum absolute atomic E-state index is 0.0829. The Kier molecular flexibility index (Phi) is 7.30. The number of carbonyl (C=O) groups excluding carboxylic acids is 1. The smallest absolute Gasteiger partial charge is 0.326 e. The Morgan fingerprint density at radius 3 is 2.48 bits per heavy atom. The van der Waals surface area contributed by atoms with Crippen molar-refractivity contribution in [1.29, 1.82) is 0 Å². The van der Waals surface area contributed by atoms with Crippen LogP contribution in [0.1, 0.15) is 25.8 Å². The molecule has 1 amide bonds. The number of nitrogens with zero attached hydrogens (tertiary/aromatic N) is 1. The van der Waals surface area contributed by atoms with Crippen LogP contribution in [0.5, 0.6) is 0 Å². The number of sulfonamides is 1. The molecule has 0 radical (unpaired) electrons. The highest BCUT2D eigenvalue weighted by atomic mass is 32.2. The van der Waals surface area contributed by atoms with Crippen LogP contribution in [-0.2, 0) is 19.6 Å². The molecule has 2 unspecified atom stereocenters. The van der Waals surface area contributed by atoms with Gasteiger partial charge in [-0.1, -0.05) is 31.5 Å². The Morgan fingerprint density at radius 1 is 1.30 bits per heavy atom. The second kappa shape index (κ2) is 9.07. The van der Waals surface area contributed by atoms with Gasteiger partial charge < -0.3 is 10.4 Å². The fraction of sp³-hybridized carbons (Fsp3) is 0.556. The van der Waals surface area contributed by atoms with Crippen molar-refractivity contribution in [2.24, 2.45) is 5.92 Å². The monoisotopic (exact) mass is 414 g/mol. The molecular formula is C18H26N2O5S2. The summed E-state index contributed by atoms with van der Waals surface area (Å²) in [5, 5.41) is 11.9. The highest BCUT2D eigenvalue weighted by molar-refractivity contribution is 7.99. The van der Waals surface area contributed by atoms with Crippen LogP contribution in [0, 0.1) is 12.8 Å². The molecule has 1 aromatic rings. The Hall–Kier alpha value is -1.58. The van der Waals surface area contributed by atoms with E-state index in [1.165, 1.54) is 28.2 Å². The second-order valence-corrected chi connectivity index (χ2v) is 10.1. The van der Waals surface area contributed by atoms with Gasteiger partial charge >= 0.3 is 5.97 Å². The molecule has 1 heterocycles. The molecule has 150 valence electrons. The highest BCUT2D eigenvalue weighted by Crippen LogP contribution is 2.25. The van der Waals surface area contributed by atoms with E-state index in [4.69, 9.17) is 0 Å². The van der Waals surface area contributed by atoms with Gasteiger partial charge in [0.15, 0.2) is 0 Å². The molecule has 27 heavy (non-hydrogen) atoms. The molecule has 0 aliphatic carbocycles. The van der Waals surface area contributed by atoms with Crippen LogP contribution < -0.4 is 5.32 Å². The molecule has 0 saturated carbocycles. The first kappa shape index (κ1) is 21.7. The first-order valence-electron chi connectivity index (χ1n) is 8.82. The lowest BCUT2D eigenvalue weighted by Gasteiger charge is -2.34. The van der Waals surface area contributed by atoms with Crippen molar-refractivity contribution in [3.8, 4) is 0 Å². The average Bonchev–Trinajstić information content (AvgIpc) is 2.61. The number of carboxylic acids is 1. The van der Waals surface area contributed by atoms with Crippen LogP contribution in [0.15, 0.2) is 29.2 Å². The summed E-state index contributed by atoms with van der Waals surface area (Å²) in [5.74, 6) is -0.715. The van der Waals surface area contributed by atoms with Gasteiger partial charge in [0.25, 0.3) is 0 Å². The van der Waals surface area contributed by atoms with Gasteiger partial charge in [-0.15, -0.1) is 0 Å². The molecule has 1 saturated heterocycles. The summed E-state index contributed by atoms with van der Waals surface area (Å²) in [6, 6.07) is 4.52. The third-order valence-electron chi connectivity index (χ3n) is 4.33. The number of carboxylic acid groups (broad SMARTS) is 1. The van der Waals surface area contributed by atoms with Gasteiger partial charge in [-0.3, -0.25) is 4.79 Å². The molecule has 2 N–H and O–H groups in total. The second-order valence-electron chi connectivity index (χ2n) is 7.05. The molecule has 0 aromatic heterocycles. The van der Waals surface area contributed by atoms with E-state index >= 15 is 0 Å². The molecule has 0 spiro atoms. The number of hydrogen-bond donors (Lipinski definition) is 2. The summed E-state index contributed by atoms with van der Waals surface area (Å²) in [4.78, 5) is 24.3. The highest BCUT2D eigenvalue weighted by Gasteiger charge is 2.39. The number of amides is 1. The zero-order chi connectivity index (χ0) is 20.2. The summed E-state index contributed by atoms with van der Waals surface area (Å²) < 4.78 is 27.3. The molecular weight excluding hydrogens is 388 g/mol. The van der Waals surface area contributed by atoms with Crippen molar-refractivity contribution in [3.63, 3.8) is 0 Å². The van der Waals surface area contributed by atoms with Crippen molar-refractivity contribution < 1.29 is 23.1 Å². The van der Waals surface area contributed by atoms with Crippen LogP contribution in [0.2, 0.25) is 0 Å². The van der Waals surface area contributed by atoms with Crippen LogP contribution in [0.25, 0.3) is 0 Å². The Bertz CT molecular complexity index is 777. The molecule has 1 aliphatic heterocycles. The first-order chi connectivity index (χ1) is 12.6. The number of benzene rings is 1. The van der Waals surface area contributed by atoms with E-state index in [2.05, 4.69) is 5.32 Å². The van der Waals surface area contributed by atoms with E-state index in [1.54, 1.807) is 12.1 Å². The first-order valence-corrected chi connectivity index (χ1v) is 11.4. The third kappa shape index (κ3) is 5.46. The van der Waals surface area contributed by atoms with Crippen LogP contribution in [0.4, 0.5) is 0 Å². The quantitative estimate of drug-likeness (QED) is 0.704. The molecule has 1 aromatic carbocycles. The SMILES string of the molecule is Cc1ccc(S(=O)(=O)N2CCSCC2C(=O)NC(CC(C)C)C(=O)O)cc1. The normalized spacial score (nSPS) is 19.6. The van der Waals surface area contributed by atoms with E-state index in [9.17, 15) is 23.1 Å². The lowest BCUT2D eigenvalue weighted by atomic mass is 10.0. The molecule has 2 atom stereocenters. The Morgan fingerprint density at radius 2 is 1.93 bits per heavy atom. The number of aryl methyl sites for hydroxylation is 1. The maximum absolute atomic E-state index is 13.0. The molecule has 1 aliphatic rings. The Balaban J connectivity index is 2.24. The van der Waals surface area contributed by atoms with Crippen molar-refractivity contribution in [2.45, 2.75) is 44.2 Å². The standard InChI is InChI=1S/C18H26N2O5S2/c1-12(2)10-15(18(22)23)19-17(21)16-11-26-9-8-20(16)27(24,25)14-6-4-13(3)5-7-14/h4-7,12,15-16H,8-11H2,1-3H3,(H,19,21)(H,22,23). The summed E-state index contributed by atoms with van der Waals surface area (Å²) in [6.45, 7) is 5.81. The van der Waals surface area contributed by atoms with E-state index in [1.807, 2.05) is 20.8 Å². The number of hydrogen-bond acceptors (Lipinski definition) is 5. The summed E-state index contributed by atoms with van der Waals surface area (Å²) in [6.07, 6.45) is 0.283. The molecule has 1 fully saturated rings. The Labute approximate surface area is 164 Å². The predicted molar refractivity (Wildman–Crippen MR) is 105 cm³/mol. The lowest BCUT2D eigenvalue weighted by molar-refractivity contribution is -0.142. The number of rotatable bonds is 7. The van der Waals surface area contributed by atoms with Gasteiger partial charge in [-0.05, 0) is 31.4 Å². The van der Waals surface area contributed by atoms with Crippen molar-refractivity contribution in [3.05, 3.63) is 29.8 Å². The molecule has 2 rings (SSSR count). The number of aliphatic carboxylic acids is 1. The maximum atomic E-state index is 13.0. The van der Waals surface area contributed by atoms with E-state index in [0.29, 0.717) is 11.5 Å². The third-order valence-corrected chi connectivity index (χ3v) is 7.28. The lowest BCUT2D eigenvalue weighted by Crippen LogP contribution is -2.56. The van der Waals surface area contributed by atoms with E-state index in [0.717, 1.165) is 5.56 Å². The summed E-state index contributed by atoms with van der Waals surface area (Å²) >= 11 is 1.48. The van der Waals surface area contributed by atoms with Crippen molar-refractivity contribution >= 4 is 33.7 Å². The van der Waals surface area contributed by atoms with Crippen LogP contribution in [0.3, 0.4) is 0 Å². The van der Waals surface area contributed by atoms with Crippen LogP contribution in [-0.4, -0.2) is 59.8 Å². The number of thioether (sulfide) groups is 1. The van der Waals surface area contributed by atoms with Crippen molar-refractivity contribution in [1.82, 2.24) is 9.62 Å². The van der Waals surface area contributed by atoms with Gasteiger partial charge in [0.2, 0.25) is 15.9 Å². The predicted octanol–water partition coefficient (Wildman–Crippen LogP) is 1.72. The minimum Gasteiger partial charge on any atom is -0.480 e. The van der Waals surface area contributed by atoms with E-state index < -0.39 is 34.0 Å². The number of nitrogens with one attached hydrogen (secondary N) is 1. The fourth-order valence-electron chi connectivity index (χ4n) is 2.89. The van der Waals surface area contributed by atoms with Gasteiger partial charge in [-0.2, -0.15) is 16.1 Å². The topological polar surface area (TPSA) is 104 Å². The summed E-state index contributed by atoms with van der Waals surface area (Å²) in [7, 11) is -3.84. The van der Waals surface area contributed by atoms with Crippen LogP contribution >= 0.6 is 11.8 Å². The zero-order valence-corrected chi connectivity index (χ0v) is 17.3. The molecule has 0 bridgehead atoms. The van der Waals surface area contributed by atoms with Gasteiger partial charge in [-0.25, -0.2) is 13.2 Å². The molecule has 9 heteroatoms. The van der Waals surface area contributed by atoms with Crippen molar-refractivity contribution in [2.75, 3.05) is 18.1 Å². The largest absolute Gasteiger partial charge is 0.480 e. The summed E-state index contributed by atoms with van der Waals surface area (Å²) in [5.41, 5.74) is 0.940. The maximum Gasteiger partial charge on any atom is 0.326 e. The van der Waals surface area contributed by atoms with Gasteiger partial charge in [0, 0.05) is 18.1 Å². The van der Waals surface area contributed by atoms with Gasteiger partial charge in [0.05, 0.1) is 4.90 Å².